The molecule has 0 saturated carbocycles. The van der Waals surface area contributed by atoms with Gasteiger partial charge in [0.05, 0.1) is 0 Å². The molecule has 2 aliphatic rings. The second kappa shape index (κ2) is 9.03. The number of hydrogen-bond donors (Lipinski definition) is 3. The van der Waals surface area contributed by atoms with Gasteiger partial charge < -0.3 is 20.3 Å². The first-order valence-corrected chi connectivity index (χ1v) is 12.3. The van der Waals surface area contributed by atoms with E-state index in [9.17, 15) is 23.1 Å². The van der Waals surface area contributed by atoms with E-state index in [2.05, 4.69) is 5.32 Å². The summed E-state index contributed by atoms with van der Waals surface area (Å²) in [6.45, 7) is 2.61. The van der Waals surface area contributed by atoms with E-state index >= 15 is 0 Å². The molecule has 2 aromatic carbocycles. The zero-order chi connectivity index (χ0) is 23.8. The molecule has 33 heavy (non-hydrogen) atoms. The summed E-state index contributed by atoms with van der Waals surface area (Å²) in [7, 11) is -3.86. The van der Waals surface area contributed by atoms with E-state index < -0.39 is 21.9 Å². The number of amides is 1. The molecule has 0 atom stereocenters. The number of nitrogens with zero attached hydrogens (tertiary/aromatic N) is 1. The molecular formula is C23H26N2O7S. The highest BCUT2D eigenvalue weighted by atomic mass is 32.2. The summed E-state index contributed by atoms with van der Waals surface area (Å²) in [5.41, 5.74) is 2.78. The average molecular weight is 475 g/mol. The average Bonchev–Trinajstić information content (AvgIpc) is 3.28. The number of hydrogen-bond acceptors (Lipinski definition) is 6. The number of aromatic hydroxyl groups is 1. The maximum Gasteiger partial charge on any atom is 0.394 e. The van der Waals surface area contributed by atoms with Gasteiger partial charge in [0.15, 0.2) is 0 Å². The Labute approximate surface area is 192 Å². The number of phenolic OH excluding ortho intramolecular Hbond substituents is 1. The minimum absolute atomic E-state index is 0.193. The van der Waals surface area contributed by atoms with Crippen LogP contribution in [0, 0.1) is 6.92 Å². The fourth-order valence-corrected chi connectivity index (χ4v) is 6.07. The number of nitrogens with one attached hydrogen (secondary N) is 1. The van der Waals surface area contributed by atoms with Crippen LogP contribution in [0.2, 0.25) is 0 Å². The third-order valence-corrected chi connectivity index (χ3v) is 7.99. The highest BCUT2D eigenvalue weighted by molar-refractivity contribution is 7.89. The number of ether oxygens (including phenoxy) is 1. The normalized spacial score (nSPS) is 16.3. The molecule has 0 unspecified atom stereocenters. The summed E-state index contributed by atoms with van der Waals surface area (Å²) in [5, 5.41) is 21.6. The van der Waals surface area contributed by atoms with Crippen molar-refractivity contribution in [3.8, 4) is 17.2 Å². The van der Waals surface area contributed by atoms with Crippen molar-refractivity contribution in [2.45, 2.75) is 50.3 Å². The van der Waals surface area contributed by atoms with Crippen LogP contribution < -0.4 is 10.1 Å². The lowest BCUT2D eigenvalue weighted by Gasteiger charge is -2.26. The first kappa shape index (κ1) is 23.1. The van der Waals surface area contributed by atoms with E-state index in [0.29, 0.717) is 42.9 Å². The number of aryl methyl sites for hydroxylation is 1. The molecule has 1 heterocycles. The van der Waals surface area contributed by atoms with Gasteiger partial charge >= 0.3 is 11.9 Å². The third kappa shape index (κ3) is 4.53. The maximum absolute atomic E-state index is 13.1. The summed E-state index contributed by atoms with van der Waals surface area (Å²) in [6.07, 6.45) is 4.70. The molecule has 3 N–H and O–H groups in total. The van der Waals surface area contributed by atoms with Crippen molar-refractivity contribution in [1.29, 1.82) is 0 Å². The lowest BCUT2D eigenvalue weighted by Crippen LogP contribution is -2.35. The van der Waals surface area contributed by atoms with Crippen LogP contribution in [0.4, 0.5) is 5.69 Å². The van der Waals surface area contributed by atoms with Gasteiger partial charge in [-0.2, -0.15) is 4.31 Å². The van der Waals surface area contributed by atoms with Gasteiger partial charge in [0, 0.05) is 30.4 Å². The molecule has 176 valence electrons. The number of carboxylic acid groups (broad SMARTS) is 1. The van der Waals surface area contributed by atoms with E-state index in [1.165, 1.54) is 22.5 Å². The Morgan fingerprint density at radius 2 is 1.73 bits per heavy atom. The van der Waals surface area contributed by atoms with Gasteiger partial charge in [-0.3, -0.25) is 4.79 Å². The first-order chi connectivity index (χ1) is 15.7. The Morgan fingerprint density at radius 3 is 2.42 bits per heavy atom. The van der Waals surface area contributed by atoms with Crippen molar-refractivity contribution in [2.24, 2.45) is 0 Å². The molecule has 0 aromatic heterocycles. The van der Waals surface area contributed by atoms with Crippen molar-refractivity contribution in [2.75, 3.05) is 18.4 Å². The number of fused-ring (bicyclic) bond motifs is 1. The van der Waals surface area contributed by atoms with Crippen molar-refractivity contribution >= 4 is 27.6 Å². The number of sulfonamides is 1. The SMILES string of the molecule is Cc1cc(NC(=O)C(=O)O)c2c(c1Oc1ccc(O)c(S(=O)(=O)N3CCCCC3)c1)CCC2. The molecule has 1 aliphatic heterocycles. The molecule has 0 radical (unpaired) electrons. The number of anilines is 1. The molecule has 1 fully saturated rings. The Kier molecular flexibility index (Phi) is 6.31. The van der Waals surface area contributed by atoms with Crippen LogP contribution in [0.15, 0.2) is 29.2 Å². The van der Waals surface area contributed by atoms with Crippen molar-refractivity contribution in [1.82, 2.24) is 4.31 Å². The quantitative estimate of drug-likeness (QED) is 0.567. The molecule has 4 rings (SSSR count). The summed E-state index contributed by atoms with van der Waals surface area (Å²) in [6, 6.07) is 5.81. The lowest BCUT2D eigenvalue weighted by atomic mass is 10.0. The maximum atomic E-state index is 13.1. The van der Waals surface area contributed by atoms with Gasteiger partial charge in [-0.05, 0) is 68.4 Å². The smallest absolute Gasteiger partial charge is 0.394 e. The molecule has 1 saturated heterocycles. The van der Waals surface area contributed by atoms with Crippen molar-refractivity contribution in [3.63, 3.8) is 0 Å². The van der Waals surface area contributed by atoms with Gasteiger partial charge in [-0.15, -0.1) is 0 Å². The predicted octanol–water partition coefficient (Wildman–Crippen LogP) is 3.18. The van der Waals surface area contributed by atoms with Crippen LogP contribution >= 0.6 is 0 Å². The van der Waals surface area contributed by atoms with Crippen molar-refractivity contribution in [3.05, 3.63) is 41.0 Å². The third-order valence-electron chi connectivity index (χ3n) is 6.06. The van der Waals surface area contributed by atoms with E-state index in [-0.39, 0.29) is 16.4 Å². The molecular weight excluding hydrogens is 448 g/mol. The molecule has 0 spiro atoms. The van der Waals surface area contributed by atoms with Crippen LogP contribution in [0.1, 0.15) is 42.4 Å². The minimum atomic E-state index is -3.86. The van der Waals surface area contributed by atoms with Gasteiger partial charge in [0.2, 0.25) is 10.0 Å². The van der Waals surface area contributed by atoms with E-state index in [1.807, 2.05) is 0 Å². The summed E-state index contributed by atoms with van der Waals surface area (Å²) in [5.74, 6) is -2.19. The van der Waals surface area contributed by atoms with Gasteiger partial charge in [-0.25, -0.2) is 13.2 Å². The van der Waals surface area contributed by atoms with Crippen LogP contribution in [-0.2, 0) is 32.5 Å². The fraction of sp³-hybridized carbons (Fsp3) is 0.391. The monoisotopic (exact) mass is 474 g/mol. The van der Waals surface area contributed by atoms with Crippen molar-refractivity contribution < 1.29 is 33.0 Å². The van der Waals surface area contributed by atoms with Crippen LogP contribution in [0.3, 0.4) is 0 Å². The number of phenols is 1. The molecule has 10 heteroatoms. The Bertz CT molecular complexity index is 1220. The second-order valence-corrected chi connectivity index (χ2v) is 10.2. The van der Waals surface area contributed by atoms with Crippen LogP contribution in [0.25, 0.3) is 0 Å². The largest absolute Gasteiger partial charge is 0.507 e. The Hall–Kier alpha value is -3.11. The highest BCUT2D eigenvalue weighted by Crippen LogP contribution is 2.41. The molecule has 9 nitrogen and oxygen atoms in total. The number of carbonyl (C=O) groups is 2. The highest BCUT2D eigenvalue weighted by Gasteiger charge is 2.30. The first-order valence-electron chi connectivity index (χ1n) is 10.9. The number of aliphatic carboxylic acids is 1. The molecule has 1 amide bonds. The number of rotatable bonds is 5. The van der Waals surface area contributed by atoms with E-state index in [0.717, 1.165) is 36.8 Å². The van der Waals surface area contributed by atoms with E-state index in [4.69, 9.17) is 9.84 Å². The standard InChI is InChI=1S/C23H26N2O7S/c1-14-12-18(24-22(27)23(28)29)16-6-5-7-17(16)21(14)32-15-8-9-19(26)20(13-15)33(30,31)25-10-3-2-4-11-25/h8-9,12-13,26H,2-7,10-11H2,1H3,(H,24,27)(H,28,29). The molecule has 1 aliphatic carbocycles. The van der Waals surface area contributed by atoms with Gasteiger partial charge in [0.25, 0.3) is 0 Å². The molecule has 2 aromatic rings. The van der Waals surface area contributed by atoms with Gasteiger partial charge in [0.1, 0.15) is 22.1 Å². The van der Waals surface area contributed by atoms with Crippen LogP contribution in [0.5, 0.6) is 17.2 Å². The number of piperidine rings is 1. The second-order valence-electron chi connectivity index (χ2n) is 8.34. The zero-order valence-electron chi connectivity index (χ0n) is 18.3. The number of carboxylic acids is 1. The zero-order valence-corrected chi connectivity index (χ0v) is 19.1. The Morgan fingerprint density at radius 1 is 1.03 bits per heavy atom. The summed E-state index contributed by atoms with van der Waals surface area (Å²) < 4.78 is 33.7. The van der Waals surface area contributed by atoms with Gasteiger partial charge in [-0.1, -0.05) is 6.42 Å². The predicted molar refractivity (Wildman–Crippen MR) is 120 cm³/mol. The fourth-order valence-electron chi connectivity index (χ4n) is 4.45. The number of benzene rings is 2. The number of carbonyl (C=O) groups excluding carboxylic acids is 1. The minimum Gasteiger partial charge on any atom is -0.507 e. The summed E-state index contributed by atoms with van der Waals surface area (Å²) >= 11 is 0. The Balaban J connectivity index is 1.68. The van der Waals surface area contributed by atoms with E-state index in [1.54, 1.807) is 13.0 Å². The summed E-state index contributed by atoms with van der Waals surface area (Å²) in [4.78, 5) is 22.4. The molecule has 0 bridgehead atoms. The van der Waals surface area contributed by atoms with Crippen LogP contribution in [-0.4, -0.2) is 47.9 Å². The topological polar surface area (TPSA) is 133 Å². The lowest BCUT2D eigenvalue weighted by molar-refractivity contribution is -0.147.